The number of nitrogens with one attached hydrogen (secondary N) is 1. The van der Waals surface area contributed by atoms with E-state index in [0.29, 0.717) is 6.04 Å². The predicted molar refractivity (Wildman–Crippen MR) is 84.0 cm³/mol. The lowest BCUT2D eigenvalue weighted by Crippen LogP contribution is -2.40. The molecule has 1 aromatic carbocycles. The van der Waals surface area contributed by atoms with Gasteiger partial charge in [0.1, 0.15) is 0 Å². The molecule has 0 fully saturated rings. The van der Waals surface area contributed by atoms with Gasteiger partial charge in [-0.05, 0) is 50.4 Å². The number of nitrogens with zero attached hydrogens (tertiary/aromatic N) is 1. The van der Waals surface area contributed by atoms with Crippen LogP contribution in [0.2, 0.25) is 0 Å². The summed E-state index contributed by atoms with van der Waals surface area (Å²) in [5.41, 5.74) is 3.05. The van der Waals surface area contributed by atoms with Gasteiger partial charge in [-0.25, -0.2) is 0 Å². The number of ether oxygens (including phenoxy) is 1. The van der Waals surface area contributed by atoms with Gasteiger partial charge in [0.05, 0.1) is 0 Å². The van der Waals surface area contributed by atoms with Crippen molar-refractivity contribution in [2.24, 2.45) is 0 Å². The van der Waals surface area contributed by atoms with Gasteiger partial charge in [0, 0.05) is 32.8 Å². The molecule has 0 amide bonds. The number of aryl methyl sites for hydroxylation is 1. The molecule has 1 aliphatic rings. The van der Waals surface area contributed by atoms with Gasteiger partial charge < -0.3 is 10.1 Å². The molecular formula is C17H28N2O. The maximum atomic E-state index is 5.07. The molecular weight excluding hydrogens is 248 g/mol. The lowest BCUT2D eigenvalue weighted by Gasteiger charge is -2.28. The molecule has 0 saturated carbocycles. The summed E-state index contributed by atoms with van der Waals surface area (Å²) in [6, 6.07) is 9.48. The van der Waals surface area contributed by atoms with Crippen LogP contribution < -0.4 is 5.32 Å². The van der Waals surface area contributed by atoms with E-state index in [9.17, 15) is 0 Å². The molecule has 1 unspecified atom stereocenters. The fourth-order valence-electron chi connectivity index (χ4n) is 2.88. The molecule has 0 saturated heterocycles. The van der Waals surface area contributed by atoms with Crippen molar-refractivity contribution in [1.29, 1.82) is 0 Å². The van der Waals surface area contributed by atoms with Crippen molar-refractivity contribution >= 4 is 0 Å². The normalized spacial score (nSPS) is 17.5. The zero-order valence-electron chi connectivity index (χ0n) is 12.9. The van der Waals surface area contributed by atoms with Gasteiger partial charge in [0.25, 0.3) is 0 Å². The van der Waals surface area contributed by atoms with E-state index in [4.69, 9.17) is 4.74 Å². The van der Waals surface area contributed by atoms with Gasteiger partial charge in [-0.15, -0.1) is 0 Å². The van der Waals surface area contributed by atoms with Crippen LogP contribution in [0.1, 0.15) is 30.9 Å². The molecule has 1 aliphatic heterocycles. The molecule has 112 valence electrons. The molecule has 1 heterocycles. The van der Waals surface area contributed by atoms with Gasteiger partial charge in [-0.2, -0.15) is 0 Å². The molecule has 1 N–H and O–H groups in total. The molecule has 0 spiro atoms. The Kier molecular flexibility index (Phi) is 6.51. The molecule has 0 bridgehead atoms. The molecule has 0 radical (unpaired) electrons. The minimum atomic E-state index is 0.587. The van der Waals surface area contributed by atoms with Crippen LogP contribution in [0.25, 0.3) is 0 Å². The fourth-order valence-corrected chi connectivity index (χ4v) is 2.88. The van der Waals surface area contributed by atoms with E-state index in [-0.39, 0.29) is 0 Å². The number of methoxy groups -OCH3 is 1. The Hall–Kier alpha value is -0.900. The highest BCUT2D eigenvalue weighted by atomic mass is 16.5. The van der Waals surface area contributed by atoms with E-state index in [1.54, 1.807) is 7.11 Å². The summed E-state index contributed by atoms with van der Waals surface area (Å²) in [6.45, 7) is 7.58. The maximum absolute atomic E-state index is 5.07. The second-order valence-electron chi connectivity index (χ2n) is 5.74. The summed E-state index contributed by atoms with van der Waals surface area (Å²) in [5, 5.41) is 3.54. The first-order valence-electron chi connectivity index (χ1n) is 7.81. The quantitative estimate of drug-likeness (QED) is 0.774. The van der Waals surface area contributed by atoms with Crippen LogP contribution >= 0.6 is 0 Å². The third-order valence-electron chi connectivity index (χ3n) is 4.15. The van der Waals surface area contributed by atoms with Crippen molar-refractivity contribution in [2.75, 3.05) is 33.4 Å². The Labute approximate surface area is 123 Å². The highest BCUT2D eigenvalue weighted by Gasteiger charge is 2.18. The van der Waals surface area contributed by atoms with Gasteiger partial charge in [-0.1, -0.05) is 24.3 Å². The number of benzene rings is 1. The Morgan fingerprint density at radius 1 is 1.30 bits per heavy atom. The first-order chi connectivity index (χ1) is 9.81. The molecule has 3 nitrogen and oxygen atoms in total. The molecule has 0 aliphatic carbocycles. The first-order valence-corrected chi connectivity index (χ1v) is 7.81. The Bertz CT molecular complexity index is 394. The second-order valence-corrected chi connectivity index (χ2v) is 5.74. The highest BCUT2D eigenvalue weighted by Crippen LogP contribution is 2.19. The second kappa shape index (κ2) is 8.40. The SMILES string of the molecule is COCCCNCC(C)N1CCCc2ccccc2C1. The third-order valence-corrected chi connectivity index (χ3v) is 4.15. The molecule has 2 rings (SSSR count). The van der Waals surface area contributed by atoms with E-state index in [1.807, 2.05) is 0 Å². The lowest BCUT2D eigenvalue weighted by molar-refractivity contribution is 0.185. The van der Waals surface area contributed by atoms with Gasteiger partial charge in [0.15, 0.2) is 0 Å². The number of hydrogen-bond acceptors (Lipinski definition) is 3. The maximum Gasteiger partial charge on any atom is 0.0474 e. The molecule has 1 atom stereocenters. The van der Waals surface area contributed by atoms with E-state index in [2.05, 4.69) is 41.4 Å². The first kappa shape index (κ1) is 15.5. The van der Waals surface area contributed by atoms with Crippen LogP contribution in [0.4, 0.5) is 0 Å². The van der Waals surface area contributed by atoms with Gasteiger partial charge in [-0.3, -0.25) is 4.90 Å². The Balaban J connectivity index is 1.80. The molecule has 3 heteroatoms. The minimum absolute atomic E-state index is 0.587. The average molecular weight is 276 g/mol. The lowest BCUT2D eigenvalue weighted by atomic mass is 10.0. The standard InChI is InChI=1S/C17H28N2O/c1-15(13-18-10-6-12-20-2)19-11-5-9-16-7-3-4-8-17(16)14-19/h3-4,7-8,15,18H,5-6,9-14H2,1-2H3. The predicted octanol–water partition coefficient (Wildman–Crippen LogP) is 2.45. The summed E-state index contributed by atoms with van der Waals surface area (Å²) < 4.78 is 5.07. The third kappa shape index (κ3) is 4.58. The topological polar surface area (TPSA) is 24.5 Å². The monoisotopic (exact) mass is 276 g/mol. The Morgan fingerprint density at radius 3 is 2.90 bits per heavy atom. The van der Waals surface area contributed by atoms with Crippen LogP contribution in [-0.4, -0.2) is 44.3 Å². The molecule has 0 aromatic heterocycles. The summed E-state index contributed by atoms with van der Waals surface area (Å²) in [5.74, 6) is 0. The van der Waals surface area contributed by atoms with E-state index in [1.165, 1.54) is 30.5 Å². The number of fused-ring (bicyclic) bond motifs is 1. The molecule has 1 aromatic rings. The van der Waals surface area contributed by atoms with Crippen molar-refractivity contribution in [3.63, 3.8) is 0 Å². The van der Waals surface area contributed by atoms with Crippen LogP contribution in [-0.2, 0) is 17.7 Å². The summed E-state index contributed by atoms with van der Waals surface area (Å²) in [7, 11) is 1.76. The molecule has 20 heavy (non-hydrogen) atoms. The van der Waals surface area contributed by atoms with E-state index in [0.717, 1.165) is 32.7 Å². The largest absolute Gasteiger partial charge is 0.385 e. The summed E-state index contributed by atoms with van der Waals surface area (Å²) in [4.78, 5) is 2.61. The Morgan fingerprint density at radius 2 is 2.10 bits per heavy atom. The van der Waals surface area contributed by atoms with Crippen molar-refractivity contribution in [3.8, 4) is 0 Å². The van der Waals surface area contributed by atoms with Gasteiger partial charge in [0.2, 0.25) is 0 Å². The zero-order valence-corrected chi connectivity index (χ0v) is 12.9. The van der Waals surface area contributed by atoms with Crippen molar-refractivity contribution in [2.45, 2.75) is 38.8 Å². The van der Waals surface area contributed by atoms with Crippen molar-refractivity contribution in [3.05, 3.63) is 35.4 Å². The smallest absolute Gasteiger partial charge is 0.0474 e. The number of rotatable bonds is 7. The van der Waals surface area contributed by atoms with Crippen LogP contribution in [0.5, 0.6) is 0 Å². The van der Waals surface area contributed by atoms with Crippen LogP contribution in [0.3, 0.4) is 0 Å². The zero-order chi connectivity index (χ0) is 14.2. The van der Waals surface area contributed by atoms with E-state index >= 15 is 0 Å². The van der Waals surface area contributed by atoms with Crippen LogP contribution in [0, 0.1) is 0 Å². The van der Waals surface area contributed by atoms with Crippen molar-refractivity contribution < 1.29 is 4.74 Å². The summed E-state index contributed by atoms with van der Waals surface area (Å²) in [6.07, 6.45) is 3.58. The highest BCUT2D eigenvalue weighted by molar-refractivity contribution is 5.28. The average Bonchev–Trinajstić information content (AvgIpc) is 2.69. The number of hydrogen-bond donors (Lipinski definition) is 1. The summed E-state index contributed by atoms with van der Waals surface area (Å²) >= 11 is 0. The van der Waals surface area contributed by atoms with E-state index < -0.39 is 0 Å². The minimum Gasteiger partial charge on any atom is -0.385 e. The van der Waals surface area contributed by atoms with Gasteiger partial charge >= 0.3 is 0 Å². The van der Waals surface area contributed by atoms with Crippen LogP contribution in [0.15, 0.2) is 24.3 Å². The van der Waals surface area contributed by atoms with Crippen molar-refractivity contribution in [1.82, 2.24) is 10.2 Å². The fraction of sp³-hybridized carbons (Fsp3) is 0.647.